The third kappa shape index (κ3) is 1.92. The summed E-state index contributed by atoms with van der Waals surface area (Å²) < 4.78 is 6.25. The van der Waals surface area contributed by atoms with Crippen molar-refractivity contribution >= 4 is 11.5 Å². The van der Waals surface area contributed by atoms with Crippen LogP contribution in [0.15, 0.2) is 36.4 Å². The van der Waals surface area contributed by atoms with Crippen LogP contribution in [0.1, 0.15) is 50.8 Å². The number of Topliss-reactive ketones (excluding diaryl/α,β-unsaturated/α-hetero) is 1. The lowest BCUT2D eigenvalue weighted by Gasteiger charge is -2.39. The number of ketones is 1. The minimum absolute atomic E-state index is 0.0116. The molecule has 1 N–H and O–H groups in total. The van der Waals surface area contributed by atoms with Crippen LogP contribution in [0.3, 0.4) is 0 Å². The number of benzene rings is 2. The Kier molecular flexibility index (Phi) is 2.87. The highest BCUT2D eigenvalue weighted by Gasteiger charge is 2.41. The van der Waals surface area contributed by atoms with Crippen LogP contribution in [0.5, 0.6) is 5.75 Å². The van der Waals surface area contributed by atoms with Crippen LogP contribution < -0.4 is 10.1 Å². The molecule has 4 rings (SSSR count). The van der Waals surface area contributed by atoms with E-state index >= 15 is 0 Å². The number of carbonyl (C=O) groups is 1. The van der Waals surface area contributed by atoms with Gasteiger partial charge in [0, 0.05) is 28.3 Å². The molecule has 0 fully saturated rings. The number of nitrogens with one attached hydrogen (secondary N) is 1. The Hall–Kier alpha value is -2.29. The van der Waals surface area contributed by atoms with Crippen LogP contribution in [-0.4, -0.2) is 11.3 Å². The SMILES string of the molecule is CC1Oc2c(ccc3c2C(C)C(=O)C(C)(C)N3)-c2ccccc21. The second-order valence-electron chi connectivity index (χ2n) is 7.09. The molecule has 0 radical (unpaired) electrons. The molecule has 0 saturated heterocycles. The Bertz CT molecular complexity index is 822. The molecule has 3 heteroatoms. The highest BCUT2D eigenvalue weighted by Crippen LogP contribution is 2.50. The maximum absolute atomic E-state index is 12.7. The van der Waals surface area contributed by atoms with Crippen LogP contribution in [0.2, 0.25) is 0 Å². The van der Waals surface area contributed by atoms with E-state index in [1.807, 2.05) is 26.8 Å². The summed E-state index contributed by atoms with van der Waals surface area (Å²) in [6, 6.07) is 12.5. The molecule has 3 nitrogen and oxygen atoms in total. The molecule has 0 spiro atoms. The van der Waals surface area contributed by atoms with Crippen molar-refractivity contribution in [3.63, 3.8) is 0 Å². The number of fused-ring (bicyclic) bond motifs is 5. The summed E-state index contributed by atoms with van der Waals surface area (Å²) in [5.74, 6) is 0.889. The van der Waals surface area contributed by atoms with Gasteiger partial charge in [-0.3, -0.25) is 4.79 Å². The molecule has 2 heterocycles. The first-order valence-electron chi connectivity index (χ1n) is 8.15. The molecule has 0 bridgehead atoms. The minimum Gasteiger partial charge on any atom is -0.485 e. The van der Waals surface area contributed by atoms with Crippen molar-refractivity contribution in [3.8, 4) is 16.9 Å². The molecule has 23 heavy (non-hydrogen) atoms. The Balaban J connectivity index is 1.97. The number of anilines is 1. The van der Waals surface area contributed by atoms with E-state index < -0.39 is 5.54 Å². The zero-order valence-corrected chi connectivity index (χ0v) is 13.9. The predicted molar refractivity (Wildman–Crippen MR) is 92.0 cm³/mol. The summed E-state index contributed by atoms with van der Waals surface area (Å²) in [6.45, 7) is 7.92. The van der Waals surface area contributed by atoms with E-state index in [2.05, 4.69) is 42.6 Å². The molecule has 0 aromatic heterocycles. The molecule has 2 aromatic carbocycles. The van der Waals surface area contributed by atoms with E-state index in [0.717, 1.165) is 22.6 Å². The zero-order chi connectivity index (χ0) is 16.4. The molecular formula is C20H21NO2. The molecule has 0 aliphatic carbocycles. The van der Waals surface area contributed by atoms with Gasteiger partial charge in [0.1, 0.15) is 11.9 Å². The fourth-order valence-corrected chi connectivity index (χ4v) is 3.89. The van der Waals surface area contributed by atoms with Gasteiger partial charge in [0.2, 0.25) is 0 Å². The van der Waals surface area contributed by atoms with E-state index in [1.165, 1.54) is 11.1 Å². The van der Waals surface area contributed by atoms with Gasteiger partial charge in [0.15, 0.2) is 5.78 Å². The van der Waals surface area contributed by atoms with Crippen LogP contribution >= 0.6 is 0 Å². The fraction of sp³-hybridized carbons (Fsp3) is 0.350. The van der Waals surface area contributed by atoms with Crippen molar-refractivity contribution in [2.75, 3.05) is 5.32 Å². The third-order valence-corrected chi connectivity index (χ3v) is 5.07. The van der Waals surface area contributed by atoms with Crippen LogP contribution in [0, 0.1) is 0 Å². The van der Waals surface area contributed by atoms with Gasteiger partial charge in [0.25, 0.3) is 0 Å². The van der Waals surface area contributed by atoms with E-state index in [4.69, 9.17) is 4.74 Å². The lowest BCUT2D eigenvalue weighted by Crippen LogP contribution is -2.46. The smallest absolute Gasteiger partial charge is 0.164 e. The summed E-state index contributed by atoms with van der Waals surface area (Å²) in [6.07, 6.45) is -0.0116. The number of hydrogen-bond donors (Lipinski definition) is 1. The standard InChI is InChI=1S/C20H21NO2/c1-11-17-16(21-20(3,4)19(11)22)10-9-15-14-8-6-5-7-13(14)12(2)23-18(15)17/h5-12,21H,1-4H3. The van der Waals surface area contributed by atoms with E-state index in [1.54, 1.807) is 0 Å². The van der Waals surface area contributed by atoms with Gasteiger partial charge in [-0.1, -0.05) is 31.2 Å². The first-order chi connectivity index (χ1) is 10.9. The van der Waals surface area contributed by atoms with Crippen LogP contribution in [0.4, 0.5) is 5.69 Å². The van der Waals surface area contributed by atoms with Crippen LogP contribution in [0.25, 0.3) is 11.1 Å². The predicted octanol–water partition coefficient (Wildman–Crippen LogP) is 4.68. The molecule has 2 unspecified atom stereocenters. The Morgan fingerprint density at radius 3 is 2.57 bits per heavy atom. The normalized spacial score (nSPS) is 23.9. The molecule has 2 atom stereocenters. The van der Waals surface area contributed by atoms with Crippen molar-refractivity contribution in [2.24, 2.45) is 0 Å². The van der Waals surface area contributed by atoms with Gasteiger partial charge < -0.3 is 10.1 Å². The summed E-state index contributed by atoms with van der Waals surface area (Å²) in [5.41, 5.74) is 4.94. The molecule has 0 amide bonds. The van der Waals surface area contributed by atoms with Gasteiger partial charge >= 0.3 is 0 Å². The maximum atomic E-state index is 12.7. The zero-order valence-electron chi connectivity index (χ0n) is 13.9. The first-order valence-corrected chi connectivity index (χ1v) is 8.15. The monoisotopic (exact) mass is 307 g/mol. The number of ether oxygens (including phenoxy) is 1. The maximum Gasteiger partial charge on any atom is 0.164 e. The molecule has 2 aliphatic heterocycles. The number of rotatable bonds is 0. The highest BCUT2D eigenvalue weighted by molar-refractivity contribution is 6.01. The molecule has 118 valence electrons. The van der Waals surface area contributed by atoms with Gasteiger partial charge in [-0.05, 0) is 38.5 Å². The summed E-state index contributed by atoms with van der Waals surface area (Å²) in [4.78, 5) is 12.7. The highest BCUT2D eigenvalue weighted by atomic mass is 16.5. The molecule has 2 aromatic rings. The van der Waals surface area contributed by atoms with E-state index in [-0.39, 0.29) is 17.8 Å². The van der Waals surface area contributed by atoms with Crippen molar-refractivity contribution < 1.29 is 9.53 Å². The second-order valence-corrected chi connectivity index (χ2v) is 7.09. The summed E-state index contributed by atoms with van der Waals surface area (Å²) in [5, 5.41) is 3.38. The number of hydrogen-bond acceptors (Lipinski definition) is 3. The fourth-order valence-electron chi connectivity index (χ4n) is 3.89. The van der Waals surface area contributed by atoms with Gasteiger partial charge in [-0.2, -0.15) is 0 Å². The summed E-state index contributed by atoms with van der Waals surface area (Å²) in [7, 11) is 0. The average Bonchev–Trinajstić information content (AvgIpc) is 2.52. The van der Waals surface area contributed by atoms with Crippen molar-refractivity contribution in [1.29, 1.82) is 0 Å². The third-order valence-electron chi connectivity index (χ3n) is 5.07. The summed E-state index contributed by atoms with van der Waals surface area (Å²) >= 11 is 0. The Morgan fingerprint density at radius 2 is 1.78 bits per heavy atom. The number of carbonyl (C=O) groups excluding carboxylic acids is 1. The van der Waals surface area contributed by atoms with Gasteiger partial charge in [-0.15, -0.1) is 0 Å². The van der Waals surface area contributed by atoms with Crippen molar-refractivity contribution in [3.05, 3.63) is 47.5 Å². The lowest BCUT2D eigenvalue weighted by atomic mass is 9.78. The second kappa shape index (κ2) is 4.60. The van der Waals surface area contributed by atoms with E-state index in [0.29, 0.717) is 0 Å². The van der Waals surface area contributed by atoms with Gasteiger partial charge in [0.05, 0.1) is 5.54 Å². The van der Waals surface area contributed by atoms with E-state index in [9.17, 15) is 4.79 Å². The first kappa shape index (κ1) is 14.3. The Labute approximate surface area is 136 Å². The lowest BCUT2D eigenvalue weighted by molar-refractivity contribution is -0.123. The Morgan fingerprint density at radius 1 is 1.04 bits per heavy atom. The quantitative estimate of drug-likeness (QED) is 0.767. The molecule has 0 saturated carbocycles. The molecular weight excluding hydrogens is 286 g/mol. The van der Waals surface area contributed by atoms with Gasteiger partial charge in [-0.25, -0.2) is 0 Å². The minimum atomic E-state index is -0.543. The molecule has 2 aliphatic rings. The van der Waals surface area contributed by atoms with Crippen molar-refractivity contribution in [2.45, 2.75) is 45.3 Å². The topological polar surface area (TPSA) is 38.3 Å². The largest absolute Gasteiger partial charge is 0.485 e. The van der Waals surface area contributed by atoms with Crippen LogP contribution in [-0.2, 0) is 4.79 Å². The van der Waals surface area contributed by atoms with Crippen molar-refractivity contribution in [1.82, 2.24) is 0 Å². The average molecular weight is 307 g/mol.